The van der Waals surface area contributed by atoms with Gasteiger partial charge in [-0.15, -0.1) is 0 Å². The van der Waals surface area contributed by atoms with Crippen LogP contribution in [0.5, 0.6) is 0 Å². The van der Waals surface area contributed by atoms with Crippen LogP contribution in [0.2, 0.25) is 0 Å². The van der Waals surface area contributed by atoms with Gasteiger partial charge in [0.25, 0.3) is 0 Å². The van der Waals surface area contributed by atoms with Crippen molar-refractivity contribution in [2.45, 2.75) is 19.8 Å². The fourth-order valence-corrected chi connectivity index (χ4v) is 2.25. The van der Waals surface area contributed by atoms with E-state index in [-0.39, 0.29) is 0 Å². The first-order valence-corrected chi connectivity index (χ1v) is 6.82. The lowest BCUT2D eigenvalue weighted by molar-refractivity contribution is 0.144. The van der Waals surface area contributed by atoms with E-state index < -0.39 is 6.09 Å². The molecule has 0 saturated heterocycles. The summed E-state index contributed by atoms with van der Waals surface area (Å²) in [4.78, 5) is 11.9. The van der Waals surface area contributed by atoms with Gasteiger partial charge in [0.15, 0.2) is 0 Å². The second-order valence-corrected chi connectivity index (χ2v) is 4.97. The maximum absolute atomic E-state index is 11.9. The summed E-state index contributed by atoms with van der Waals surface area (Å²) in [7, 11) is 0. The van der Waals surface area contributed by atoms with Gasteiger partial charge in [-0.3, -0.25) is 0 Å². The quantitative estimate of drug-likeness (QED) is 0.520. The number of benzene rings is 1. The predicted molar refractivity (Wildman–Crippen MR) is 78.5 cm³/mol. The van der Waals surface area contributed by atoms with Crippen LogP contribution < -0.4 is 5.73 Å². The molecule has 0 aliphatic heterocycles. The number of anilines is 1. The van der Waals surface area contributed by atoms with Crippen LogP contribution in [0.25, 0.3) is 10.9 Å². The lowest BCUT2D eigenvalue weighted by Gasteiger charge is -2.04. The number of nitrogens with two attached hydrogens (primary N) is 1. The van der Waals surface area contributed by atoms with E-state index in [1.807, 2.05) is 6.92 Å². The molecule has 0 fully saturated rings. The monoisotopic (exact) mass is 359 g/mol. The Balaban J connectivity index is 2.31. The first-order valence-electron chi connectivity index (χ1n) is 5.74. The molecule has 0 unspecified atom stereocenters. The van der Waals surface area contributed by atoms with Crippen LogP contribution in [0.1, 0.15) is 19.8 Å². The first-order chi connectivity index (χ1) is 8.63. The molecule has 0 radical (unpaired) electrons. The zero-order valence-corrected chi connectivity index (χ0v) is 12.2. The molecule has 96 valence electrons. The van der Waals surface area contributed by atoms with Gasteiger partial charge < -0.3 is 10.5 Å². The number of hydrogen-bond donors (Lipinski definition) is 1. The Hall–Kier alpha value is -1.31. The van der Waals surface area contributed by atoms with E-state index in [4.69, 9.17) is 10.5 Å². The van der Waals surface area contributed by atoms with Gasteiger partial charge in [0.1, 0.15) is 3.70 Å². The number of aromatic nitrogens is 2. The van der Waals surface area contributed by atoms with E-state index in [0.717, 1.165) is 27.4 Å². The molecule has 0 aliphatic carbocycles. The summed E-state index contributed by atoms with van der Waals surface area (Å²) in [6, 6.07) is 5.33. The van der Waals surface area contributed by atoms with E-state index in [1.165, 1.54) is 4.68 Å². The summed E-state index contributed by atoms with van der Waals surface area (Å²) in [6.45, 7) is 2.46. The molecule has 0 bridgehead atoms. The van der Waals surface area contributed by atoms with Gasteiger partial charge in [0.2, 0.25) is 0 Å². The second-order valence-electron chi connectivity index (χ2n) is 3.95. The van der Waals surface area contributed by atoms with Crippen molar-refractivity contribution in [3.63, 3.8) is 0 Å². The smallest absolute Gasteiger partial charge is 0.435 e. The fourth-order valence-electron chi connectivity index (χ4n) is 1.60. The minimum absolute atomic E-state index is 0.419. The first kappa shape index (κ1) is 13.1. The largest absolute Gasteiger partial charge is 0.448 e. The summed E-state index contributed by atoms with van der Waals surface area (Å²) in [6.07, 6.45) is 1.40. The predicted octanol–water partition coefficient (Wildman–Crippen LogP) is 3.01. The van der Waals surface area contributed by atoms with Crippen molar-refractivity contribution in [3.05, 3.63) is 21.9 Å². The highest BCUT2D eigenvalue weighted by Gasteiger charge is 2.15. The van der Waals surface area contributed by atoms with Crippen molar-refractivity contribution in [3.8, 4) is 0 Å². The molecule has 1 aromatic carbocycles. The molecule has 2 aromatic rings. The zero-order valence-electron chi connectivity index (χ0n) is 10.0. The topological polar surface area (TPSA) is 70.1 Å². The molecule has 18 heavy (non-hydrogen) atoms. The molecule has 1 aromatic heterocycles. The molecule has 5 nitrogen and oxygen atoms in total. The van der Waals surface area contributed by atoms with Gasteiger partial charge in [0, 0.05) is 11.1 Å². The number of halogens is 1. The van der Waals surface area contributed by atoms with Gasteiger partial charge in [-0.1, -0.05) is 13.3 Å². The fraction of sp³-hybridized carbons (Fsp3) is 0.333. The normalized spacial score (nSPS) is 10.8. The molecule has 0 saturated carbocycles. The number of hydrogen-bond acceptors (Lipinski definition) is 4. The van der Waals surface area contributed by atoms with Crippen LogP contribution in [0, 0.1) is 3.70 Å². The third-order valence-electron chi connectivity index (χ3n) is 2.56. The molecule has 2 rings (SSSR count). The Morgan fingerprint density at radius 2 is 2.33 bits per heavy atom. The lowest BCUT2D eigenvalue weighted by Crippen LogP contribution is -2.15. The Bertz CT molecular complexity index is 580. The minimum atomic E-state index is -0.443. The molecule has 1 heterocycles. The summed E-state index contributed by atoms with van der Waals surface area (Å²) >= 11 is 2.08. The number of fused-ring (bicyclic) bond motifs is 1. The molecule has 0 amide bonds. The van der Waals surface area contributed by atoms with E-state index in [9.17, 15) is 4.79 Å². The van der Waals surface area contributed by atoms with Gasteiger partial charge in [-0.2, -0.15) is 9.78 Å². The standard InChI is InChI=1S/C12H14IN3O2/c1-2-3-6-18-12(17)16-10-5-4-8(14)7-9(10)11(13)15-16/h4-5,7H,2-3,6,14H2,1H3. The number of ether oxygens (including phenoxy) is 1. The summed E-state index contributed by atoms with van der Waals surface area (Å²) in [5.74, 6) is 0. The molecular weight excluding hydrogens is 345 g/mol. The van der Waals surface area contributed by atoms with Crippen molar-refractivity contribution in [2.24, 2.45) is 0 Å². The van der Waals surface area contributed by atoms with Crippen molar-refractivity contribution < 1.29 is 9.53 Å². The highest BCUT2D eigenvalue weighted by Crippen LogP contribution is 2.22. The third kappa shape index (κ3) is 2.58. The molecular formula is C12H14IN3O2. The average molecular weight is 359 g/mol. The van der Waals surface area contributed by atoms with Crippen LogP contribution in [0.3, 0.4) is 0 Å². The summed E-state index contributed by atoms with van der Waals surface area (Å²) < 4.78 is 7.17. The van der Waals surface area contributed by atoms with Gasteiger partial charge in [0.05, 0.1) is 12.1 Å². The maximum atomic E-state index is 11.9. The summed E-state index contributed by atoms with van der Waals surface area (Å²) in [5, 5.41) is 5.05. The van der Waals surface area contributed by atoms with Crippen molar-refractivity contribution in [1.82, 2.24) is 9.78 Å². The van der Waals surface area contributed by atoms with Crippen molar-refractivity contribution in [2.75, 3.05) is 12.3 Å². The Labute approximate surface area is 118 Å². The van der Waals surface area contributed by atoms with Gasteiger partial charge >= 0.3 is 6.09 Å². The van der Waals surface area contributed by atoms with Crippen LogP contribution in [0.15, 0.2) is 18.2 Å². The molecule has 0 atom stereocenters. The number of nitrogen functional groups attached to an aromatic ring is 1. The highest BCUT2D eigenvalue weighted by molar-refractivity contribution is 14.1. The Morgan fingerprint density at radius 3 is 3.06 bits per heavy atom. The number of nitrogens with zero attached hydrogens (tertiary/aromatic N) is 2. The van der Waals surface area contributed by atoms with E-state index in [2.05, 4.69) is 27.7 Å². The van der Waals surface area contributed by atoms with E-state index >= 15 is 0 Å². The third-order valence-corrected chi connectivity index (χ3v) is 3.35. The molecule has 6 heteroatoms. The Morgan fingerprint density at radius 1 is 1.56 bits per heavy atom. The second kappa shape index (κ2) is 5.55. The molecule has 0 spiro atoms. The van der Waals surface area contributed by atoms with Crippen molar-refractivity contribution in [1.29, 1.82) is 0 Å². The van der Waals surface area contributed by atoms with Crippen LogP contribution in [0.4, 0.5) is 10.5 Å². The number of rotatable bonds is 3. The molecule has 0 aliphatic rings. The number of unbranched alkanes of at least 4 members (excludes halogenated alkanes) is 1. The summed E-state index contributed by atoms with van der Waals surface area (Å²) in [5.41, 5.74) is 7.09. The number of carbonyl (C=O) groups excluding carboxylic acids is 1. The maximum Gasteiger partial charge on any atom is 0.435 e. The van der Waals surface area contributed by atoms with E-state index in [0.29, 0.717) is 12.3 Å². The average Bonchev–Trinajstić information content (AvgIpc) is 2.67. The number of carbonyl (C=O) groups is 1. The van der Waals surface area contributed by atoms with Crippen LogP contribution >= 0.6 is 22.6 Å². The zero-order chi connectivity index (χ0) is 13.1. The Kier molecular flexibility index (Phi) is 4.05. The SMILES string of the molecule is CCCCOC(=O)n1nc(I)c2cc(N)ccc21. The van der Waals surface area contributed by atoms with E-state index in [1.54, 1.807) is 18.2 Å². The minimum Gasteiger partial charge on any atom is -0.448 e. The molecule has 2 N–H and O–H groups in total. The van der Waals surface area contributed by atoms with Crippen LogP contribution in [-0.4, -0.2) is 22.5 Å². The highest BCUT2D eigenvalue weighted by atomic mass is 127. The van der Waals surface area contributed by atoms with Crippen molar-refractivity contribution >= 4 is 45.3 Å². The lowest BCUT2D eigenvalue weighted by atomic mass is 10.2. The van der Waals surface area contributed by atoms with Crippen LogP contribution in [-0.2, 0) is 4.74 Å². The van der Waals surface area contributed by atoms with Gasteiger partial charge in [-0.25, -0.2) is 4.79 Å². The van der Waals surface area contributed by atoms with Gasteiger partial charge in [-0.05, 0) is 47.2 Å².